The van der Waals surface area contributed by atoms with E-state index in [1.54, 1.807) is 48.5 Å². The van der Waals surface area contributed by atoms with E-state index in [1.807, 2.05) is 6.92 Å². The number of anilines is 2. The monoisotopic (exact) mass is 401 g/mol. The quantitative estimate of drug-likeness (QED) is 0.696. The van der Waals surface area contributed by atoms with E-state index in [2.05, 4.69) is 11.4 Å². The highest BCUT2D eigenvalue weighted by molar-refractivity contribution is 7.92. The Hall–Kier alpha value is -3.05. The maximum atomic E-state index is 12.4. The molecule has 0 saturated heterocycles. The van der Waals surface area contributed by atoms with Gasteiger partial charge in [0.05, 0.1) is 31.0 Å². The molecule has 148 valence electrons. The number of hydrogen-bond acceptors (Lipinski definition) is 5. The van der Waals surface area contributed by atoms with E-state index in [9.17, 15) is 13.2 Å². The molecule has 0 aliphatic heterocycles. The minimum atomic E-state index is -3.65. The molecule has 1 amide bonds. The smallest absolute Gasteiger partial charge is 0.245 e. The molecule has 0 aliphatic rings. The molecule has 0 aliphatic carbocycles. The van der Waals surface area contributed by atoms with E-state index in [0.717, 1.165) is 22.5 Å². The summed E-state index contributed by atoms with van der Waals surface area (Å²) in [7, 11) is -3.65. The molecule has 0 heterocycles. The number of benzene rings is 2. The third-order valence-corrected chi connectivity index (χ3v) is 4.95. The molecule has 8 heteroatoms. The fourth-order valence-electron chi connectivity index (χ4n) is 2.46. The number of carbonyl (C=O) groups is 1. The van der Waals surface area contributed by atoms with Gasteiger partial charge in [0.1, 0.15) is 12.3 Å². The van der Waals surface area contributed by atoms with Crippen molar-refractivity contribution in [1.82, 2.24) is 0 Å². The molecule has 7 nitrogen and oxygen atoms in total. The number of hydrogen-bond donors (Lipinski definition) is 1. The van der Waals surface area contributed by atoms with Gasteiger partial charge in [-0.05, 0) is 48.4 Å². The zero-order valence-corrected chi connectivity index (χ0v) is 16.7. The van der Waals surface area contributed by atoms with Gasteiger partial charge in [-0.1, -0.05) is 19.1 Å². The van der Waals surface area contributed by atoms with Crippen molar-refractivity contribution in [3.05, 3.63) is 54.1 Å². The number of amides is 1. The fraction of sp³-hybridized carbons (Fsp3) is 0.300. The standard InChI is InChI=1S/C20H23N3O4S/c1-3-14-27-19-10-8-18(9-11-19)23(28(2,25)26)15-20(24)22-17-6-4-16(5-7-17)12-13-21/h4-11H,3,12,14-15H2,1-2H3,(H,22,24). The van der Waals surface area contributed by atoms with Crippen molar-refractivity contribution in [2.24, 2.45) is 0 Å². The van der Waals surface area contributed by atoms with Gasteiger partial charge in [0, 0.05) is 5.69 Å². The molecule has 0 atom stereocenters. The van der Waals surface area contributed by atoms with E-state index in [1.165, 1.54) is 0 Å². The largest absolute Gasteiger partial charge is 0.494 e. The predicted molar refractivity (Wildman–Crippen MR) is 109 cm³/mol. The molecule has 2 rings (SSSR count). The van der Waals surface area contributed by atoms with E-state index >= 15 is 0 Å². The number of nitriles is 1. The van der Waals surface area contributed by atoms with Crippen LogP contribution in [0.15, 0.2) is 48.5 Å². The highest BCUT2D eigenvalue weighted by atomic mass is 32.2. The number of sulfonamides is 1. The second-order valence-electron chi connectivity index (χ2n) is 6.19. The Bertz CT molecular complexity index is 933. The van der Waals surface area contributed by atoms with Crippen LogP contribution < -0.4 is 14.4 Å². The van der Waals surface area contributed by atoms with Gasteiger partial charge in [0.2, 0.25) is 15.9 Å². The van der Waals surface area contributed by atoms with Gasteiger partial charge < -0.3 is 10.1 Å². The SMILES string of the molecule is CCCOc1ccc(N(CC(=O)Nc2ccc(CC#N)cc2)S(C)(=O)=O)cc1. The first kappa shape index (κ1) is 21.3. The van der Waals surface area contributed by atoms with Crippen molar-refractivity contribution in [1.29, 1.82) is 5.26 Å². The summed E-state index contributed by atoms with van der Waals surface area (Å²) in [5, 5.41) is 11.4. The summed E-state index contributed by atoms with van der Waals surface area (Å²) in [5.41, 5.74) is 1.75. The lowest BCUT2D eigenvalue weighted by molar-refractivity contribution is -0.114. The summed E-state index contributed by atoms with van der Waals surface area (Å²) in [5.74, 6) is 0.172. The van der Waals surface area contributed by atoms with Gasteiger partial charge in [0.25, 0.3) is 0 Å². The fourth-order valence-corrected chi connectivity index (χ4v) is 3.31. The topological polar surface area (TPSA) is 99.5 Å². The number of nitrogens with one attached hydrogen (secondary N) is 1. The molecule has 0 unspecified atom stereocenters. The van der Waals surface area contributed by atoms with Gasteiger partial charge in [-0.15, -0.1) is 0 Å². The second kappa shape index (κ2) is 9.76. The zero-order valence-electron chi connectivity index (χ0n) is 15.9. The number of rotatable bonds is 9. The summed E-state index contributed by atoms with van der Waals surface area (Å²) in [6, 6.07) is 15.4. The number of nitrogens with zero attached hydrogens (tertiary/aromatic N) is 2. The highest BCUT2D eigenvalue weighted by Gasteiger charge is 2.21. The summed E-state index contributed by atoms with van der Waals surface area (Å²) >= 11 is 0. The highest BCUT2D eigenvalue weighted by Crippen LogP contribution is 2.22. The Morgan fingerprint density at radius 3 is 2.32 bits per heavy atom. The third-order valence-electron chi connectivity index (χ3n) is 3.81. The van der Waals surface area contributed by atoms with Crippen LogP contribution >= 0.6 is 0 Å². The molecule has 0 saturated carbocycles. The van der Waals surface area contributed by atoms with Crippen LogP contribution in [0.25, 0.3) is 0 Å². The molecule has 0 aromatic heterocycles. The van der Waals surface area contributed by atoms with Gasteiger partial charge >= 0.3 is 0 Å². The number of ether oxygens (including phenoxy) is 1. The van der Waals surface area contributed by atoms with Crippen LogP contribution in [0.5, 0.6) is 5.75 Å². The van der Waals surface area contributed by atoms with Gasteiger partial charge in [0.15, 0.2) is 0 Å². The van der Waals surface area contributed by atoms with Crippen molar-refractivity contribution >= 4 is 27.3 Å². The van der Waals surface area contributed by atoms with Crippen molar-refractivity contribution in [3.8, 4) is 11.8 Å². The molecular formula is C20H23N3O4S. The minimum absolute atomic E-state index is 0.286. The average molecular weight is 401 g/mol. The molecule has 1 N–H and O–H groups in total. The molecule has 0 fully saturated rings. The van der Waals surface area contributed by atoms with Crippen molar-refractivity contribution in [2.45, 2.75) is 19.8 Å². The molecular weight excluding hydrogens is 378 g/mol. The Morgan fingerprint density at radius 1 is 1.14 bits per heavy atom. The molecule has 2 aromatic rings. The van der Waals surface area contributed by atoms with Gasteiger partial charge in [-0.3, -0.25) is 9.10 Å². The first-order valence-electron chi connectivity index (χ1n) is 8.80. The van der Waals surface area contributed by atoms with Crippen molar-refractivity contribution in [3.63, 3.8) is 0 Å². The Labute approximate surface area is 165 Å². The zero-order chi connectivity index (χ0) is 20.6. The number of carbonyl (C=O) groups excluding carboxylic acids is 1. The summed E-state index contributed by atoms with van der Waals surface area (Å²) in [6.45, 7) is 2.22. The molecule has 0 bridgehead atoms. The maximum Gasteiger partial charge on any atom is 0.245 e. The normalized spacial score (nSPS) is 10.8. The van der Waals surface area contributed by atoms with Crippen LogP contribution in [-0.2, 0) is 21.2 Å². The van der Waals surface area contributed by atoms with Gasteiger partial charge in [-0.25, -0.2) is 8.42 Å². The second-order valence-corrected chi connectivity index (χ2v) is 8.10. The van der Waals surface area contributed by atoms with Crippen LogP contribution in [0.4, 0.5) is 11.4 Å². The van der Waals surface area contributed by atoms with E-state index in [4.69, 9.17) is 10.00 Å². The Kier molecular flexibility index (Phi) is 7.41. The van der Waals surface area contributed by atoms with E-state index < -0.39 is 15.9 Å². The Balaban J connectivity index is 2.09. The van der Waals surface area contributed by atoms with E-state index in [0.29, 0.717) is 23.7 Å². The molecule has 28 heavy (non-hydrogen) atoms. The predicted octanol–water partition coefficient (Wildman–Crippen LogP) is 2.95. The molecule has 0 radical (unpaired) electrons. The third kappa shape index (κ3) is 6.28. The lowest BCUT2D eigenvalue weighted by Gasteiger charge is -2.22. The van der Waals surface area contributed by atoms with Crippen LogP contribution in [-0.4, -0.2) is 33.7 Å². The summed E-state index contributed by atoms with van der Waals surface area (Å²) in [6.07, 6.45) is 2.21. The van der Waals surface area contributed by atoms with Gasteiger partial charge in [-0.2, -0.15) is 5.26 Å². The van der Waals surface area contributed by atoms with Crippen LogP contribution in [0.3, 0.4) is 0 Å². The molecule has 0 spiro atoms. The van der Waals surface area contributed by atoms with Crippen LogP contribution in [0.2, 0.25) is 0 Å². The maximum absolute atomic E-state index is 12.4. The average Bonchev–Trinajstić information content (AvgIpc) is 2.66. The van der Waals surface area contributed by atoms with E-state index in [-0.39, 0.29) is 13.0 Å². The first-order chi connectivity index (χ1) is 13.3. The summed E-state index contributed by atoms with van der Waals surface area (Å²) < 4.78 is 30.9. The van der Waals surface area contributed by atoms with Crippen molar-refractivity contribution < 1.29 is 17.9 Å². The lowest BCUT2D eigenvalue weighted by atomic mass is 10.1. The first-order valence-corrected chi connectivity index (χ1v) is 10.6. The lowest BCUT2D eigenvalue weighted by Crippen LogP contribution is -2.37. The van der Waals surface area contributed by atoms with Crippen molar-refractivity contribution in [2.75, 3.05) is 29.0 Å². The summed E-state index contributed by atoms with van der Waals surface area (Å²) in [4.78, 5) is 12.4. The van der Waals surface area contributed by atoms with Crippen LogP contribution in [0, 0.1) is 11.3 Å². The Morgan fingerprint density at radius 2 is 1.79 bits per heavy atom. The molecule has 2 aromatic carbocycles. The van der Waals surface area contributed by atoms with Crippen LogP contribution in [0.1, 0.15) is 18.9 Å². The minimum Gasteiger partial charge on any atom is -0.494 e.